The average Bonchev–Trinajstić information content (AvgIpc) is 2.82. The minimum atomic E-state index is 0. The third kappa shape index (κ3) is 2.97. The second-order valence-electron chi connectivity index (χ2n) is 5.32. The summed E-state index contributed by atoms with van der Waals surface area (Å²) in [6, 6.07) is 10.1. The molecule has 108 valence electrons. The maximum absolute atomic E-state index is 12.3. The lowest BCUT2D eigenvalue weighted by Crippen LogP contribution is -2.40. The summed E-state index contributed by atoms with van der Waals surface area (Å²) in [7, 11) is 2.07. The van der Waals surface area contributed by atoms with Gasteiger partial charge in [0.05, 0.1) is 11.4 Å². The highest BCUT2D eigenvalue weighted by molar-refractivity contribution is 5.89. The summed E-state index contributed by atoms with van der Waals surface area (Å²) >= 11 is 0. The predicted octanol–water partition coefficient (Wildman–Crippen LogP) is 2.48. The van der Waals surface area contributed by atoms with E-state index in [2.05, 4.69) is 17.4 Å². The normalized spacial score (nSPS) is 19.6. The molecule has 0 aliphatic carbocycles. The summed E-state index contributed by atoms with van der Waals surface area (Å²) in [5, 5.41) is 1.14. The fraction of sp³-hybridized carbons (Fsp3) is 0.400. The molecule has 2 heterocycles. The molecule has 5 heteroatoms. The smallest absolute Gasteiger partial charge is 0.243 e. The molecule has 4 nitrogen and oxygen atoms in total. The fourth-order valence-electron chi connectivity index (χ4n) is 2.77. The topological polar surface area (TPSA) is 37.3 Å². The van der Waals surface area contributed by atoms with E-state index in [1.165, 1.54) is 0 Å². The molecule has 20 heavy (non-hydrogen) atoms. The molecular weight excluding hydrogens is 274 g/mol. The molecule has 1 N–H and O–H groups in total. The van der Waals surface area contributed by atoms with Crippen LogP contribution in [-0.2, 0) is 4.79 Å². The van der Waals surface area contributed by atoms with E-state index in [1.54, 1.807) is 0 Å². The van der Waals surface area contributed by atoms with Gasteiger partial charge in [-0.15, -0.1) is 12.4 Å². The summed E-state index contributed by atoms with van der Waals surface area (Å²) in [5.41, 5.74) is 4.05. The number of aromatic nitrogens is 1. The lowest BCUT2D eigenvalue weighted by molar-refractivity contribution is -0.122. The van der Waals surface area contributed by atoms with Gasteiger partial charge in [0.1, 0.15) is 0 Å². The van der Waals surface area contributed by atoms with Crippen molar-refractivity contribution < 1.29 is 4.79 Å². The average molecular weight is 294 g/mol. The van der Waals surface area contributed by atoms with Crippen LogP contribution in [0.1, 0.15) is 12.8 Å². The number of nitrogens with one attached hydrogen (secondary N) is 1. The Morgan fingerprint density at radius 3 is 2.90 bits per heavy atom. The van der Waals surface area contributed by atoms with Gasteiger partial charge in [-0.3, -0.25) is 14.9 Å². The molecule has 0 radical (unpaired) electrons. The number of benzene rings is 1. The Bertz CT molecular complexity index is 596. The monoisotopic (exact) mass is 293 g/mol. The summed E-state index contributed by atoms with van der Waals surface area (Å²) in [5.74, 6) is 0.216. The SMILES string of the molecule is CN1CCCC(C(=O)Nn2ccc3ccccc32)C1.Cl. The lowest BCUT2D eigenvalue weighted by atomic mass is 9.98. The van der Waals surface area contributed by atoms with Gasteiger partial charge in [-0.2, -0.15) is 0 Å². The summed E-state index contributed by atoms with van der Waals surface area (Å²) in [6.07, 6.45) is 3.99. The van der Waals surface area contributed by atoms with Gasteiger partial charge in [0, 0.05) is 18.1 Å². The molecule has 0 spiro atoms. The molecule has 1 atom stereocenters. The number of nitrogens with zero attached hydrogens (tertiary/aromatic N) is 2. The van der Waals surface area contributed by atoms with Crippen molar-refractivity contribution in [1.29, 1.82) is 0 Å². The van der Waals surface area contributed by atoms with Crippen LogP contribution in [-0.4, -0.2) is 35.6 Å². The Labute approximate surface area is 125 Å². The molecule has 1 saturated heterocycles. The highest BCUT2D eigenvalue weighted by Gasteiger charge is 2.24. The Balaban J connectivity index is 0.00000147. The van der Waals surface area contributed by atoms with E-state index in [0.29, 0.717) is 0 Å². The first-order valence-electron chi connectivity index (χ1n) is 6.79. The van der Waals surface area contributed by atoms with E-state index in [-0.39, 0.29) is 24.2 Å². The van der Waals surface area contributed by atoms with Gasteiger partial charge in [-0.05, 0) is 38.6 Å². The van der Waals surface area contributed by atoms with Gasteiger partial charge in [0.15, 0.2) is 0 Å². The molecule has 2 aromatic rings. The lowest BCUT2D eigenvalue weighted by Gasteiger charge is -2.28. The number of fused-ring (bicyclic) bond motifs is 1. The highest BCUT2D eigenvalue weighted by Crippen LogP contribution is 2.17. The summed E-state index contributed by atoms with van der Waals surface area (Å²) in [6.45, 7) is 1.95. The van der Waals surface area contributed by atoms with Crippen molar-refractivity contribution in [3.05, 3.63) is 36.5 Å². The highest BCUT2D eigenvalue weighted by atomic mass is 35.5. The van der Waals surface area contributed by atoms with Crippen LogP contribution in [0.4, 0.5) is 0 Å². The molecule has 0 saturated carbocycles. The fourth-order valence-corrected chi connectivity index (χ4v) is 2.77. The van der Waals surface area contributed by atoms with Crippen LogP contribution in [0.15, 0.2) is 36.5 Å². The van der Waals surface area contributed by atoms with Crippen molar-refractivity contribution in [2.45, 2.75) is 12.8 Å². The standard InChI is InChI=1S/C15H19N3O.ClH/c1-17-9-4-6-13(11-17)15(19)16-18-10-8-12-5-2-3-7-14(12)18;/h2-3,5,7-8,10,13H,4,6,9,11H2,1H3,(H,16,19);1H. The second-order valence-corrected chi connectivity index (χ2v) is 5.32. The first kappa shape index (κ1) is 14.9. The summed E-state index contributed by atoms with van der Waals surface area (Å²) < 4.78 is 1.83. The summed E-state index contributed by atoms with van der Waals surface area (Å²) in [4.78, 5) is 14.5. The Morgan fingerprint density at radius 2 is 2.10 bits per heavy atom. The van der Waals surface area contributed by atoms with Gasteiger partial charge in [-0.25, -0.2) is 0 Å². The minimum absolute atomic E-state index is 0. The quantitative estimate of drug-likeness (QED) is 0.924. The van der Waals surface area contributed by atoms with Crippen LogP contribution in [0.2, 0.25) is 0 Å². The van der Waals surface area contributed by atoms with Crippen molar-refractivity contribution in [1.82, 2.24) is 9.58 Å². The molecular formula is C15H20ClN3O. The third-order valence-corrected chi connectivity index (χ3v) is 3.83. The zero-order valence-corrected chi connectivity index (χ0v) is 12.4. The van der Waals surface area contributed by atoms with E-state index in [9.17, 15) is 4.79 Å². The molecule has 1 aliphatic heterocycles. The Hall–Kier alpha value is -1.52. The minimum Gasteiger partial charge on any atom is -0.306 e. The molecule has 1 aromatic carbocycles. The molecule has 3 rings (SSSR count). The zero-order valence-electron chi connectivity index (χ0n) is 11.6. The number of carbonyl (C=O) groups is 1. The number of para-hydroxylation sites is 1. The van der Waals surface area contributed by atoms with E-state index >= 15 is 0 Å². The van der Waals surface area contributed by atoms with Crippen LogP contribution < -0.4 is 5.43 Å². The van der Waals surface area contributed by atoms with Gasteiger partial charge in [-0.1, -0.05) is 18.2 Å². The van der Waals surface area contributed by atoms with Crippen LogP contribution in [0.25, 0.3) is 10.9 Å². The van der Waals surface area contributed by atoms with E-state index in [0.717, 1.165) is 36.8 Å². The van der Waals surface area contributed by atoms with Crippen molar-refractivity contribution in [3.63, 3.8) is 0 Å². The molecule has 1 fully saturated rings. The van der Waals surface area contributed by atoms with E-state index in [4.69, 9.17) is 0 Å². The van der Waals surface area contributed by atoms with Crippen molar-refractivity contribution in [3.8, 4) is 0 Å². The second kappa shape index (κ2) is 6.29. The number of hydrogen-bond acceptors (Lipinski definition) is 2. The number of piperidine rings is 1. The Morgan fingerprint density at radius 1 is 1.30 bits per heavy atom. The number of carbonyl (C=O) groups excluding carboxylic acids is 1. The maximum Gasteiger partial charge on any atom is 0.243 e. The molecule has 1 aliphatic rings. The largest absolute Gasteiger partial charge is 0.306 e. The third-order valence-electron chi connectivity index (χ3n) is 3.83. The van der Waals surface area contributed by atoms with Crippen LogP contribution in [0.3, 0.4) is 0 Å². The van der Waals surface area contributed by atoms with Crippen LogP contribution in [0.5, 0.6) is 0 Å². The van der Waals surface area contributed by atoms with E-state index < -0.39 is 0 Å². The van der Waals surface area contributed by atoms with Crippen LogP contribution in [0, 0.1) is 5.92 Å². The van der Waals surface area contributed by atoms with Crippen molar-refractivity contribution in [2.75, 3.05) is 25.6 Å². The van der Waals surface area contributed by atoms with Crippen LogP contribution >= 0.6 is 12.4 Å². The number of rotatable bonds is 2. The number of amides is 1. The van der Waals surface area contributed by atoms with Gasteiger partial charge >= 0.3 is 0 Å². The zero-order chi connectivity index (χ0) is 13.2. The van der Waals surface area contributed by atoms with Crippen molar-refractivity contribution in [2.24, 2.45) is 5.92 Å². The number of halogens is 1. The van der Waals surface area contributed by atoms with Gasteiger partial charge in [0.25, 0.3) is 0 Å². The first-order chi connectivity index (χ1) is 9.24. The van der Waals surface area contributed by atoms with E-state index in [1.807, 2.05) is 41.2 Å². The predicted molar refractivity (Wildman–Crippen MR) is 83.8 cm³/mol. The molecule has 1 amide bonds. The van der Waals surface area contributed by atoms with Crippen molar-refractivity contribution >= 4 is 29.2 Å². The molecule has 1 unspecified atom stereocenters. The molecule has 0 bridgehead atoms. The Kier molecular flexibility index (Phi) is 4.68. The van der Waals surface area contributed by atoms with Gasteiger partial charge < -0.3 is 4.90 Å². The number of likely N-dealkylation sites (tertiary alicyclic amines) is 1. The first-order valence-corrected chi connectivity index (χ1v) is 6.79. The maximum atomic E-state index is 12.3. The molecule has 1 aromatic heterocycles. The number of hydrogen-bond donors (Lipinski definition) is 1. The van der Waals surface area contributed by atoms with Gasteiger partial charge in [0.2, 0.25) is 5.91 Å².